The summed E-state index contributed by atoms with van der Waals surface area (Å²) >= 11 is 3.44. The minimum absolute atomic E-state index is 0.0632. The van der Waals surface area contributed by atoms with E-state index in [2.05, 4.69) is 32.6 Å². The zero-order valence-corrected chi connectivity index (χ0v) is 14.9. The van der Waals surface area contributed by atoms with Gasteiger partial charge in [0.2, 0.25) is 0 Å². The summed E-state index contributed by atoms with van der Waals surface area (Å²) in [4.78, 5) is 12.0. The summed E-state index contributed by atoms with van der Waals surface area (Å²) in [6, 6.07) is 15.5. The molecular formula is C18H21BrN2O2. The largest absolute Gasteiger partial charge is 0.497 e. The van der Waals surface area contributed by atoms with E-state index >= 15 is 0 Å². The standard InChI is InChI=1S/C18H21BrN2O2/c1-13(15-6-8-17(23-2)9-7-15)21-18(22)20-11-10-14-4-3-5-16(19)12-14/h3-9,12-13H,10-11H2,1-2H3,(H2,20,21,22). The van der Waals surface area contributed by atoms with E-state index in [1.54, 1.807) is 7.11 Å². The van der Waals surface area contributed by atoms with Crippen molar-refractivity contribution in [2.24, 2.45) is 0 Å². The summed E-state index contributed by atoms with van der Waals surface area (Å²) in [5.74, 6) is 0.805. The average Bonchev–Trinajstić information content (AvgIpc) is 2.55. The number of rotatable bonds is 6. The van der Waals surface area contributed by atoms with Crippen molar-refractivity contribution in [3.63, 3.8) is 0 Å². The third-order valence-corrected chi connectivity index (χ3v) is 4.04. The lowest BCUT2D eigenvalue weighted by molar-refractivity contribution is 0.238. The lowest BCUT2D eigenvalue weighted by Gasteiger charge is -2.15. The van der Waals surface area contributed by atoms with Crippen LogP contribution in [0.1, 0.15) is 24.1 Å². The SMILES string of the molecule is COc1ccc(C(C)NC(=O)NCCc2cccc(Br)c2)cc1. The predicted molar refractivity (Wildman–Crippen MR) is 95.8 cm³/mol. The summed E-state index contributed by atoms with van der Waals surface area (Å²) in [5, 5.41) is 5.81. The second-order valence-corrected chi connectivity index (χ2v) is 6.19. The Kier molecular flexibility index (Phi) is 6.47. The topological polar surface area (TPSA) is 50.4 Å². The van der Waals surface area contributed by atoms with Gasteiger partial charge in [0.1, 0.15) is 5.75 Å². The van der Waals surface area contributed by atoms with E-state index in [0.717, 1.165) is 22.2 Å². The van der Waals surface area contributed by atoms with Crippen molar-refractivity contribution in [3.05, 3.63) is 64.1 Å². The quantitative estimate of drug-likeness (QED) is 0.798. The molecule has 0 saturated carbocycles. The minimum Gasteiger partial charge on any atom is -0.497 e. The summed E-state index contributed by atoms with van der Waals surface area (Å²) < 4.78 is 6.18. The Hall–Kier alpha value is -2.01. The number of hydrogen-bond donors (Lipinski definition) is 2. The van der Waals surface area contributed by atoms with Crippen LogP contribution in [-0.4, -0.2) is 19.7 Å². The molecule has 0 radical (unpaired) electrons. The van der Waals surface area contributed by atoms with Crippen molar-refractivity contribution in [1.29, 1.82) is 0 Å². The van der Waals surface area contributed by atoms with Gasteiger partial charge in [-0.15, -0.1) is 0 Å². The van der Waals surface area contributed by atoms with Gasteiger partial charge in [0.25, 0.3) is 0 Å². The number of halogens is 1. The van der Waals surface area contributed by atoms with Gasteiger partial charge in [-0.1, -0.05) is 40.2 Å². The van der Waals surface area contributed by atoms with Crippen LogP contribution in [0.25, 0.3) is 0 Å². The maximum Gasteiger partial charge on any atom is 0.315 e. The molecule has 5 heteroatoms. The lowest BCUT2D eigenvalue weighted by Crippen LogP contribution is -2.38. The van der Waals surface area contributed by atoms with Gasteiger partial charge >= 0.3 is 6.03 Å². The molecule has 1 atom stereocenters. The van der Waals surface area contributed by atoms with Crippen molar-refractivity contribution >= 4 is 22.0 Å². The van der Waals surface area contributed by atoms with Crippen LogP contribution in [0.5, 0.6) is 5.75 Å². The third kappa shape index (κ3) is 5.60. The highest BCUT2D eigenvalue weighted by molar-refractivity contribution is 9.10. The van der Waals surface area contributed by atoms with Gasteiger partial charge in [0.15, 0.2) is 0 Å². The van der Waals surface area contributed by atoms with Gasteiger partial charge in [0, 0.05) is 11.0 Å². The van der Waals surface area contributed by atoms with Crippen molar-refractivity contribution in [2.45, 2.75) is 19.4 Å². The zero-order valence-electron chi connectivity index (χ0n) is 13.3. The van der Waals surface area contributed by atoms with Crippen LogP contribution < -0.4 is 15.4 Å². The van der Waals surface area contributed by atoms with Crippen LogP contribution in [0.4, 0.5) is 4.79 Å². The van der Waals surface area contributed by atoms with Crippen LogP contribution in [0.2, 0.25) is 0 Å². The predicted octanol–water partition coefficient (Wildman–Crippen LogP) is 4.06. The van der Waals surface area contributed by atoms with Crippen LogP contribution in [0, 0.1) is 0 Å². The molecule has 23 heavy (non-hydrogen) atoms. The lowest BCUT2D eigenvalue weighted by atomic mass is 10.1. The molecule has 0 spiro atoms. The molecule has 0 fully saturated rings. The first kappa shape index (κ1) is 17.3. The van der Waals surface area contributed by atoms with Crippen molar-refractivity contribution in [2.75, 3.05) is 13.7 Å². The molecule has 0 aliphatic carbocycles. The Bertz CT molecular complexity index is 644. The molecule has 2 aromatic carbocycles. The summed E-state index contributed by atoms with van der Waals surface area (Å²) in [5.41, 5.74) is 2.22. The van der Waals surface area contributed by atoms with Crippen LogP contribution in [-0.2, 0) is 6.42 Å². The Morgan fingerprint density at radius 1 is 1.22 bits per heavy atom. The first-order chi connectivity index (χ1) is 11.1. The first-order valence-electron chi connectivity index (χ1n) is 7.51. The number of benzene rings is 2. The highest BCUT2D eigenvalue weighted by Gasteiger charge is 2.09. The van der Waals surface area contributed by atoms with E-state index in [-0.39, 0.29) is 12.1 Å². The molecule has 2 N–H and O–H groups in total. The Morgan fingerprint density at radius 3 is 2.61 bits per heavy atom. The molecule has 2 amide bonds. The smallest absolute Gasteiger partial charge is 0.315 e. The summed E-state index contributed by atoms with van der Waals surface area (Å²) in [6.07, 6.45) is 0.795. The van der Waals surface area contributed by atoms with Gasteiger partial charge in [-0.05, 0) is 48.7 Å². The number of carbonyl (C=O) groups excluding carboxylic acids is 1. The Balaban J connectivity index is 1.77. The number of urea groups is 1. The number of carbonyl (C=O) groups is 1. The van der Waals surface area contributed by atoms with Gasteiger partial charge in [0.05, 0.1) is 13.2 Å². The fraction of sp³-hybridized carbons (Fsp3) is 0.278. The Labute approximate surface area is 145 Å². The average molecular weight is 377 g/mol. The summed E-state index contributed by atoms with van der Waals surface area (Å²) in [6.45, 7) is 2.55. The number of methoxy groups -OCH3 is 1. The first-order valence-corrected chi connectivity index (χ1v) is 8.30. The monoisotopic (exact) mass is 376 g/mol. The maximum atomic E-state index is 12.0. The number of nitrogens with one attached hydrogen (secondary N) is 2. The number of hydrogen-bond acceptors (Lipinski definition) is 2. The molecule has 0 aromatic heterocycles. The molecule has 1 unspecified atom stereocenters. The van der Waals surface area contributed by atoms with Crippen LogP contribution in [0.3, 0.4) is 0 Å². The van der Waals surface area contributed by atoms with Crippen molar-refractivity contribution < 1.29 is 9.53 Å². The molecular weight excluding hydrogens is 356 g/mol. The molecule has 0 aliphatic heterocycles. The van der Waals surface area contributed by atoms with E-state index in [1.807, 2.05) is 49.4 Å². The van der Waals surface area contributed by atoms with Crippen molar-refractivity contribution in [1.82, 2.24) is 10.6 Å². The third-order valence-electron chi connectivity index (χ3n) is 3.55. The molecule has 2 aromatic rings. The van der Waals surface area contributed by atoms with Gasteiger partial charge in [-0.25, -0.2) is 4.79 Å². The van der Waals surface area contributed by atoms with Crippen LogP contribution in [0.15, 0.2) is 53.0 Å². The molecule has 2 rings (SSSR count). The normalized spacial score (nSPS) is 11.6. The van der Waals surface area contributed by atoms with E-state index < -0.39 is 0 Å². The molecule has 4 nitrogen and oxygen atoms in total. The number of amides is 2. The van der Waals surface area contributed by atoms with E-state index in [0.29, 0.717) is 6.54 Å². The highest BCUT2D eigenvalue weighted by Crippen LogP contribution is 2.17. The van der Waals surface area contributed by atoms with E-state index in [4.69, 9.17) is 4.74 Å². The highest BCUT2D eigenvalue weighted by atomic mass is 79.9. The van der Waals surface area contributed by atoms with E-state index in [9.17, 15) is 4.79 Å². The zero-order chi connectivity index (χ0) is 16.7. The molecule has 122 valence electrons. The molecule has 0 aliphatic rings. The minimum atomic E-state index is -0.164. The molecule has 0 heterocycles. The Morgan fingerprint density at radius 2 is 1.96 bits per heavy atom. The van der Waals surface area contributed by atoms with Gasteiger partial charge < -0.3 is 15.4 Å². The fourth-order valence-electron chi connectivity index (χ4n) is 2.24. The fourth-order valence-corrected chi connectivity index (χ4v) is 2.68. The number of ether oxygens (including phenoxy) is 1. The second kappa shape index (κ2) is 8.58. The molecule has 0 saturated heterocycles. The molecule has 0 bridgehead atoms. The summed E-state index contributed by atoms with van der Waals surface area (Å²) in [7, 11) is 1.63. The van der Waals surface area contributed by atoms with E-state index in [1.165, 1.54) is 5.56 Å². The maximum absolute atomic E-state index is 12.0. The van der Waals surface area contributed by atoms with Crippen LogP contribution >= 0.6 is 15.9 Å². The van der Waals surface area contributed by atoms with Crippen molar-refractivity contribution in [3.8, 4) is 5.75 Å². The van der Waals surface area contributed by atoms with Gasteiger partial charge in [-0.2, -0.15) is 0 Å². The van der Waals surface area contributed by atoms with Gasteiger partial charge in [-0.3, -0.25) is 0 Å². The second-order valence-electron chi connectivity index (χ2n) is 5.28.